The third kappa shape index (κ3) is 10.5. The molecule has 0 aliphatic heterocycles. The first-order valence-electron chi connectivity index (χ1n) is 5.27. The summed E-state index contributed by atoms with van der Waals surface area (Å²) in [4.78, 5) is 22.1. The van der Waals surface area contributed by atoms with Crippen LogP contribution in [-0.2, 0) is 9.53 Å². The van der Waals surface area contributed by atoms with Gasteiger partial charge in [-0.15, -0.1) is 11.8 Å². The van der Waals surface area contributed by atoms with Crippen molar-refractivity contribution >= 4 is 23.8 Å². The van der Waals surface area contributed by atoms with E-state index in [-0.39, 0.29) is 0 Å². The van der Waals surface area contributed by atoms with E-state index >= 15 is 0 Å². The van der Waals surface area contributed by atoms with Crippen molar-refractivity contribution in [1.82, 2.24) is 5.32 Å². The Bertz CT molecular complexity index is 328. The molecule has 0 rings (SSSR count). The molecule has 0 bridgehead atoms. The summed E-state index contributed by atoms with van der Waals surface area (Å²) in [6.45, 7) is 4.75. The summed E-state index contributed by atoms with van der Waals surface area (Å²) >= 11 is 0.380. The smallest absolute Gasteiger partial charge is 0.408 e. The van der Waals surface area contributed by atoms with Crippen LogP contribution in [0.3, 0.4) is 0 Å². The van der Waals surface area contributed by atoms with Crippen LogP contribution < -0.4 is 5.32 Å². The molecule has 9 heteroatoms. The highest BCUT2D eigenvalue weighted by Crippen LogP contribution is 2.21. The van der Waals surface area contributed by atoms with Gasteiger partial charge in [0.05, 0.1) is 5.75 Å². The van der Waals surface area contributed by atoms with Crippen LogP contribution >= 0.6 is 11.8 Å². The number of hydrogen-bond acceptors (Lipinski definition) is 4. The fraction of sp³-hybridized carbons (Fsp3) is 0.800. The average molecular weight is 303 g/mol. The second-order valence-corrected chi connectivity index (χ2v) is 5.70. The number of carbonyl (C=O) groups is 2. The maximum absolute atomic E-state index is 11.9. The van der Waals surface area contributed by atoms with Crippen LogP contribution in [-0.4, -0.2) is 46.5 Å². The van der Waals surface area contributed by atoms with E-state index < -0.39 is 41.4 Å². The number of carboxylic acids is 1. The van der Waals surface area contributed by atoms with Gasteiger partial charge in [0.1, 0.15) is 11.6 Å². The molecule has 112 valence electrons. The largest absolute Gasteiger partial charge is 0.480 e. The molecule has 0 aliphatic rings. The number of ether oxygens (including phenoxy) is 1. The second-order valence-electron chi connectivity index (χ2n) is 4.67. The molecule has 0 heterocycles. The first-order valence-corrected chi connectivity index (χ1v) is 6.43. The van der Waals surface area contributed by atoms with Crippen molar-refractivity contribution in [2.24, 2.45) is 0 Å². The highest BCUT2D eigenvalue weighted by atomic mass is 32.2. The van der Waals surface area contributed by atoms with Crippen molar-refractivity contribution in [1.29, 1.82) is 0 Å². The number of aliphatic carboxylic acids is 1. The van der Waals surface area contributed by atoms with E-state index in [1.165, 1.54) is 0 Å². The minimum absolute atomic E-state index is 0.380. The number of carboxylic acid groups (broad SMARTS) is 1. The molecule has 0 aliphatic carbocycles. The fourth-order valence-corrected chi connectivity index (χ4v) is 1.73. The Labute approximate surface area is 112 Å². The first kappa shape index (κ1) is 17.9. The van der Waals surface area contributed by atoms with E-state index in [1.807, 2.05) is 5.32 Å². The Balaban J connectivity index is 4.28. The third-order valence-electron chi connectivity index (χ3n) is 1.54. The molecule has 0 radical (unpaired) electrons. The lowest BCUT2D eigenvalue weighted by Crippen LogP contribution is -2.45. The molecule has 2 N–H and O–H groups in total. The van der Waals surface area contributed by atoms with Gasteiger partial charge in [0.2, 0.25) is 0 Å². The van der Waals surface area contributed by atoms with Crippen molar-refractivity contribution in [3.8, 4) is 0 Å². The fourth-order valence-electron chi connectivity index (χ4n) is 0.917. The minimum Gasteiger partial charge on any atom is -0.480 e. The van der Waals surface area contributed by atoms with Gasteiger partial charge >= 0.3 is 18.2 Å². The van der Waals surface area contributed by atoms with Crippen molar-refractivity contribution in [3.63, 3.8) is 0 Å². The molecule has 0 saturated heterocycles. The van der Waals surface area contributed by atoms with E-state index in [0.29, 0.717) is 11.8 Å². The van der Waals surface area contributed by atoms with Gasteiger partial charge < -0.3 is 15.2 Å². The zero-order valence-electron chi connectivity index (χ0n) is 10.7. The predicted molar refractivity (Wildman–Crippen MR) is 64.2 cm³/mol. The van der Waals surface area contributed by atoms with Gasteiger partial charge in [-0.3, -0.25) is 0 Å². The topological polar surface area (TPSA) is 75.6 Å². The normalized spacial score (nSPS) is 13.8. The summed E-state index contributed by atoms with van der Waals surface area (Å²) < 4.78 is 40.6. The van der Waals surface area contributed by atoms with Crippen molar-refractivity contribution in [2.75, 3.05) is 11.5 Å². The standard InChI is InChI=1S/C10H16F3NO4S/c1-9(2,3)18-8(17)14-6(7(15)16)4-19-5-10(11,12)13/h6H,4-5H2,1-3H3,(H,14,17)(H,15,16)/t6-/m1/s1. The number of thioether (sulfide) groups is 1. The quantitative estimate of drug-likeness (QED) is 0.815. The molecule has 1 amide bonds. The summed E-state index contributed by atoms with van der Waals surface area (Å²) in [6.07, 6.45) is -5.35. The van der Waals surface area contributed by atoms with Crippen LogP contribution in [0.4, 0.5) is 18.0 Å². The molecule has 19 heavy (non-hydrogen) atoms. The molecule has 0 aromatic heterocycles. The molecule has 0 aromatic rings. The van der Waals surface area contributed by atoms with Gasteiger partial charge in [-0.1, -0.05) is 0 Å². The second kappa shape index (κ2) is 6.88. The van der Waals surface area contributed by atoms with Gasteiger partial charge in [-0.2, -0.15) is 13.2 Å². The number of nitrogens with one attached hydrogen (secondary N) is 1. The van der Waals surface area contributed by atoms with Gasteiger partial charge in [0.25, 0.3) is 0 Å². The van der Waals surface area contributed by atoms with Crippen LogP contribution in [0.1, 0.15) is 20.8 Å². The Morgan fingerprint density at radius 2 is 1.84 bits per heavy atom. The van der Waals surface area contributed by atoms with Crippen molar-refractivity contribution < 1.29 is 32.6 Å². The maximum Gasteiger partial charge on any atom is 0.408 e. The zero-order valence-corrected chi connectivity index (χ0v) is 11.5. The van der Waals surface area contributed by atoms with Gasteiger partial charge in [-0.25, -0.2) is 9.59 Å². The SMILES string of the molecule is CC(C)(C)OC(=O)N[C@H](CSCC(F)(F)F)C(=O)O. The van der Waals surface area contributed by atoms with Gasteiger partial charge in [-0.05, 0) is 20.8 Å². The monoisotopic (exact) mass is 303 g/mol. The average Bonchev–Trinajstić information content (AvgIpc) is 2.10. The van der Waals surface area contributed by atoms with Gasteiger partial charge in [0, 0.05) is 5.75 Å². The summed E-state index contributed by atoms with van der Waals surface area (Å²) in [7, 11) is 0. The van der Waals surface area contributed by atoms with Crippen molar-refractivity contribution in [2.45, 2.75) is 38.6 Å². The van der Waals surface area contributed by atoms with Crippen molar-refractivity contribution in [3.05, 3.63) is 0 Å². The summed E-state index contributed by atoms with van der Waals surface area (Å²) in [5.41, 5.74) is -0.813. The number of alkyl carbamates (subject to hydrolysis) is 1. The summed E-state index contributed by atoms with van der Waals surface area (Å²) in [5, 5.41) is 10.8. The minimum atomic E-state index is -4.38. The van der Waals surface area contributed by atoms with E-state index in [2.05, 4.69) is 0 Å². The first-order chi connectivity index (χ1) is 8.41. The van der Waals surface area contributed by atoms with Crippen LogP contribution in [0.15, 0.2) is 0 Å². The molecule has 1 atom stereocenters. The number of hydrogen-bond donors (Lipinski definition) is 2. The molecule has 0 saturated carbocycles. The zero-order chi connectivity index (χ0) is 15.3. The molecule has 0 fully saturated rings. The molecule has 0 spiro atoms. The van der Waals surface area contributed by atoms with Gasteiger partial charge in [0.15, 0.2) is 0 Å². The number of alkyl halides is 3. The lowest BCUT2D eigenvalue weighted by Gasteiger charge is -2.21. The highest BCUT2D eigenvalue weighted by molar-refractivity contribution is 7.99. The Hall–Kier alpha value is -1.12. The maximum atomic E-state index is 11.9. The number of amides is 1. The Morgan fingerprint density at radius 1 is 1.32 bits per heavy atom. The van der Waals surface area contributed by atoms with Crippen LogP contribution in [0, 0.1) is 0 Å². The third-order valence-corrected chi connectivity index (χ3v) is 2.64. The number of rotatable bonds is 5. The van der Waals surface area contributed by atoms with Crippen LogP contribution in [0.2, 0.25) is 0 Å². The van der Waals surface area contributed by atoms with E-state index in [4.69, 9.17) is 9.84 Å². The summed E-state index contributed by atoms with van der Waals surface area (Å²) in [5.74, 6) is -2.98. The van der Waals surface area contributed by atoms with Crippen LogP contribution in [0.25, 0.3) is 0 Å². The Morgan fingerprint density at radius 3 is 2.21 bits per heavy atom. The predicted octanol–water partition coefficient (Wildman–Crippen LogP) is 2.26. The highest BCUT2D eigenvalue weighted by Gasteiger charge is 2.29. The number of carbonyl (C=O) groups excluding carboxylic acids is 1. The van der Waals surface area contributed by atoms with E-state index in [0.717, 1.165) is 0 Å². The van der Waals surface area contributed by atoms with Crippen LogP contribution in [0.5, 0.6) is 0 Å². The molecule has 0 aromatic carbocycles. The lowest BCUT2D eigenvalue weighted by molar-refractivity contribution is -0.138. The lowest BCUT2D eigenvalue weighted by atomic mass is 10.2. The molecular weight excluding hydrogens is 287 g/mol. The number of halogens is 3. The molecule has 5 nitrogen and oxygen atoms in total. The van der Waals surface area contributed by atoms with E-state index in [9.17, 15) is 22.8 Å². The van der Waals surface area contributed by atoms with E-state index in [1.54, 1.807) is 20.8 Å². The molecular formula is C10H16F3NO4S. The summed E-state index contributed by atoms with van der Waals surface area (Å²) in [6, 6.07) is -1.43. The Kier molecular flexibility index (Phi) is 6.47. The molecule has 0 unspecified atom stereocenters.